The molecule has 1 N–H and O–H groups in total. The van der Waals surface area contributed by atoms with Crippen molar-refractivity contribution in [1.82, 2.24) is 9.88 Å². The van der Waals surface area contributed by atoms with Gasteiger partial charge in [-0.15, -0.1) is 0 Å². The van der Waals surface area contributed by atoms with Crippen molar-refractivity contribution in [3.05, 3.63) is 58.4 Å². The minimum Gasteiger partial charge on any atom is -0.454 e. The molecule has 3 rings (SSSR count). The van der Waals surface area contributed by atoms with E-state index >= 15 is 0 Å². The van der Waals surface area contributed by atoms with Gasteiger partial charge in [0.05, 0.1) is 17.7 Å². The van der Waals surface area contributed by atoms with Gasteiger partial charge in [-0.1, -0.05) is 30.3 Å². The highest BCUT2D eigenvalue weighted by Crippen LogP contribution is 2.29. The second-order valence-corrected chi connectivity index (χ2v) is 8.16. The molecule has 1 aromatic heterocycles. The minimum absolute atomic E-state index is 0.0615. The fourth-order valence-corrected chi connectivity index (χ4v) is 4.23. The van der Waals surface area contributed by atoms with Crippen LogP contribution < -0.4 is 0 Å². The van der Waals surface area contributed by atoms with Gasteiger partial charge in [0.25, 0.3) is 0 Å². The van der Waals surface area contributed by atoms with Gasteiger partial charge >= 0.3 is 5.97 Å². The summed E-state index contributed by atoms with van der Waals surface area (Å²) in [6, 6.07) is 9.47. The molecule has 7 heteroatoms. The molecule has 0 unspecified atom stereocenters. The van der Waals surface area contributed by atoms with Gasteiger partial charge in [0.1, 0.15) is 0 Å². The summed E-state index contributed by atoms with van der Waals surface area (Å²) in [4.78, 5) is 54.4. The molecule has 0 bridgehead atoms. The Labute approximate surface area is 181 Å². The van der Waals surface area contributed by atoms with Gasteiger partial charge in [0.15, 0.2) is 11.9 Å². The molecule has 0 saturated carbocycles. The zero-order chi connectivity index (χ0) is 22.9. The van der Waals surface area contributed by atoms with E-state index in [1.807, 2.05) is 37.3 Å². The number of aromatic nitrogens is 1. The maximum absolute atomic E-state index is 12.8. The van der Waals surface area contributed by atoms with Crippen LogP contribution in [0.5, 0.6) is 0 Å². The average Bonchev–Trinajstić information content (AvgIpc) is 3.26. The van der Waals surface area contributed by atoms with Gasteiger partial charge in [-0.2, -0.15) is 0 Å². The lowest BCUT2D eigenvalue weighted by atomic mass is 10.0. The van der Waals surface area contributed by atoms with Crippen LogP contribution in [0, 0.1) is 19.8 Å². The highest BCUT2D eigenvalue weighted by atomic mass is 16.5. The lowest BCUT2D eigenvalue weighted by Crippen LogP contribution is -2.32. The molecule has 7 nitrogen and oxygen atoms in total. The predicted molar refractivity (Wildman–Crippen MR) is 115 cm³/mol. The number of aryl methyl sites for hydroxylation is 1. The standard InChI is InChI=1S/C24H28N2O5/c1-13-21(16(4)27)14(2)25-22(13)23(29)17(5)31-24(30)19-11-20(28)26(12-19)15(3)18-9-7-6-8-10-18/h6-10,15,17,19,25H,11-12H2,1-5H3/t15-,17-,19+/m0/s1. The molecule has 1 aliphatic heterocycles. The molecule has 1 aromatic carbocycles. The van der Waals surface area contributed by atoms with Gasteiger partial charge in [0.2, 0.25) is 11.7 Å². The number of hydrogen-bond acceptors (Lipinski definition) is 5. The third-order valence-electron chi connectivity index (χ3n) is 5.94. The normalized spacial score (nSPS) is 18.0. The predicted octanol–water partition coefficient (Wildman–Crippen LogP) is 3.56. The second-order valence-electron chi connectivity index (χ2n) is 8.16. The lowest BCUT2D eigenvalue weighted by molar-refractivity contribution is -0.151. The number of Topliss-reactive ketones (excluding diaryl/α,β-unsaturated/α-hetero) is 2. The van der Waals surface area contributed by atoms with E-state index in [9.17, 15) is 19.2 Å². The number of hydrogen-bond donors (Lipinski definition) is 1. The Kier molecular flexibility index (Phi) is 6.43. The summed E-state index contributed by atoms with van der Waals surface area (Å²) in [6.07, 6.45) is -0.966. The minimum atomic E-state index is -1.03. The molecule has 31 heavy (non-hydrogen) atoms. The van der Waals surface area contributed by atoms with Crippen molar-refractivity contribution >= 4 is 23.4 Å². The van der Waals surface area contributed by atoms with Crippen molar-refractivity contribution in [2.45, 2.75) is 53.2 Å². The van der Waals surface area contributed by atoms with Crippen LogP contribution in [-0.4, -0.2) is 46.0 Å². The fourth-order valence-electron chi connectivity index (χ4n) is 4.23. The van der Waals surface area contributed by atoms with Crippen LogP contribution in [0.15, 0.2) is 30.3 Å². The number of ether oxygens (including phenoxy) is 1. The molecule has 1 fully saturated rings. The Morgan fingerprint density at radius 2 is 1.77 bits per heavy atom. The van der Waals surface area contributed by atoms with E-state index in [1.54, 1.807) is 18.7 Å². The summed E-state index contributed by atoms with van der Waals surface area (Å²) in [5.41, 5.74) is 2.90. The number of likely N-dealkylation sites (tertiary alicyclic amines) is 1. The second kappa shape index (κ2) is 8.88. The van der Waals surface area contributed by atoms with Crippen LogP contribution in [0.25, 0.3) is 0 Å². The zero-order valence-corrected chi connectivity index (χ0v) is 18.5. The Bertz CT molecular complexity index is 1020. The summed E-state index contributed by atoms with van der Waals surface area (Å²) < 4.78 is 5.42. The molecule has 0 spiro atoms. The molecule has 1 amide bonds. The maximum atomic E-state index is 12.8. The molecule has 3 atom stereocenters. The first-order valence-electron chi connectivity index (χ1n) is 10.4. The van der Waals surface area contributed by atoms with E-state index in [0.717, 1.165) is 5.56 Å². The van der Waals surface area contributed by atoms with Crippen molar-refractivity contribution in [3.8, 4) is 0 Å². The summed E-state index contributed by atoms with van der Waals surface area (Å²) in [5.74, 6) is -1.83. The third-order valence-corrected chi connectivity index (χ3v) is 5.94. The molecule has 1 aliphatic rings. The first-order chi connectivity index (χ1) is 14.6. The number of carbonyl (C=O) groups excluding carboxylic acids is 4. The van der Waals surface area contributed by atoms with Crippen LogP contribution in [0.1, 0.15) is 70.9 Å². The first-order valence-corrected chi connectivity index (χ1v) is 10.4. The summed E-state index contributed by atoms with van der Waals surface area (Å²) in [5, 5.41) is 0. The molecular formula is C24H28N2O5. The number of H-pyrrole nitrogens is 1. The number of nitrogens with zero attached hydrogens (tertiary/aromatic N) is 1. The number of amides is 1. The van der Waals surface area contributed by atoms with Crippen molar-refractivity contribution < 1.29 is 23.9 Å². The Morgan fingerprint density at radius 1 is 1.13 bits per heavy atom. The molecule has 2 heterocycles. The lowest BCUT2D eigenvalue weighted by Gasteiger charge is -2.25. The Hall–Kier alpha value is -3.22. The fraction of sp³-hybridized carbons (Fsp3) is 0.417. The Morgan fingerprint density at radius 3 is 2.35 bits per heavy atom. The van der Waals surface area contributed by atoms with Gasteiger partial charge in [0, 0.05) is 24.2 Å². The van der Waals surface area contributed by atoms with Gasteiger partial charge in [-0.3, -0.25) is 19.2 Å². The molecule has 0 radical (unpaired) electrons. The monoisotopic (exact) mass is 424 g/mol. The zero-order valence-electron chi connectivity index (χ0n) is 18.5. The van der Waals surface area contributed by atoms with Gasteiger partial charge < -0.3 is 14.6 Å². The number of benzene rings is 1. The molecule has 2 aromatic rings. The summed E-state index contributed by atoms with van der Waals surface area (Å²) >= 11 is 0. The number of esters is 1. The number of aromatic amines is 1. The van der Waals surface area contributed by atoms with Crippen LogP contribution in [0.4, 0.5) is 0 Å². The van der Waals surface area contributed by atoms with E-state index in [0.29, 0.717) is 16.8 Å². The molecule has 164 valence electrons. The van der Waals surface area contributed by atoms with E-state index < -0.39 is 23.8 Å². The van der Waals surface area contributed by atoms with E-state index in [4.69, 9.17) is 4.74 Å². The van der Waals surface area contributed by atoms with Crippen molar-refractivity contribution in [2.24, 2.45) is 5.92 Å². The van der Waals surface area contributed by atoms with Crippen LogP contribution in [-0.2, 0) is 14.3 Å². The highest BCUT2D eigenvalue weighted by molar-refractivity contribution is 6.05. The van der Waals surface area contributed by atoms with Gasteiger partial charge in [-0.25, -0.2) is 0 Å². The largest absolute Gasteiger partial charge is 0.454 e. The van der Waals surface area contributed by atoms with Crippen LogP contribution in [0.2, 0.25) is 0 Å². The quantitative estimate of drug-likeness (QED) is 0.542. The topological polar surface area (TPSA) is 96.5 Å². The first kappa shape index (κ1) is 22.5. The van der Waals surface area contributed by atoms with E-state index in [1.165, 1.54) is 13.8 Å². The Balaban J connectivity index is 1.66. The molecular weight excluding hydrogens is 396 g/mol. The SMILES string of the molecule is CC(=O)c1c(C)[nH]c(C(=O)[C@H](C)OC(=O)[C@@H]2CC(=O)N([C@@H](C)c3ccccc3)C2)c1C. The van der Waals surface area contributed by atoms with E-state index in [-0.39, 0.29) is 36.4 Å². The molecule has 1 saturated heterocycles. The maximum Gasteiger partial charge on any atom is 0.311 e. The van der Waals surface area contributed by atoms with Crippen LogP contribution in [0.3, 0.4) is 0 Å². The summed E-state index contributed by atoms with van der Waals surface area (Å²) in [7, 11) is 0. The average molecular weight is 424 g/mol. The van der Waals surface area contributed by atoms with E-state index in [2.05, 4.69) is 4.98 Å². The van der Waals surface area contributed by atoms with Gasteiger partial charge in [-0.05, 0) is 45.7 Å². The summed E-state index contributed by atoms with van der Waals surface area (Å²) in [6.45, 7) is 8.55. The molecule has 0 aliphatic carbocycles. The van der Waals surface area contributed by atoms with Crippen molar-refractivity contribution in [2.75, 3.05) is 6.54 Å². The van der Waals surface area contributed by atoms with Crippen LogP contribution >= 0.6 is 0 Å². The van der Waals surface area contributed by atoms with Crippen molar-refractivity contribution in [3.63, 3.8) is 0 Å². The highest BCUT2D eigenvalue weighted by Gasteiger charge is 2.39. The smallest absolute Gasteiger partial charge is 0.311 e. The van der Waals surface area contributed by atoms with Crippen molar-refractivity contribution in [1.29, 1.82) is 0 Å². The number of nitrogens with one attached hydrogen (secondary N) is 1. The number of rotatable bonds is 7. The number of carbonyl (C=O) groups is 4. The number of ketones is 2. The third kappa shape index (κ3) is 4.45.